The summed E-state index contributed by atoms with van der Waals surface area (Å²) in [5.41, 5.74) is 14.6. The summed E-state index contributed by atoms with van der Waals surface area (Å²) in [4.78, 5) is 9.11. The van der Waals surface area contributed by atoms with E-state index in [0.29, 0.717) is 11.7 Å². The molecule has 0 aromatic heterocycles. The second-order valence-corrected chi connectivity index (χ2v) is 4.87. The molecule has 0 aromatic rings. The van der Waals surface area contributed by atoms with Gasteiger partial charge in [0.05, 0.1) is 23.9 Å². The zero-order valence-corrected chi connectivity index (χ0v) is 9.51. The molecule has 0 saturated carbocycles. The highest BCUT2D eigenvalue weighted by Gasteiger charge is 2.40. The Balaban J connectivity index is 2.19. The molecule has 0 aromatic carbocycles. The first-order chi connectivity index (χ1) is 7.58. The van der Waals surface area contributed by atoms with Crippen LogP contribution in [0.1, 0.15) is 13.8 Å². The van der Waals surface area contributed by atoms with Gasteiger partial charge in [-0.3, -0.25) is 9.98 Å². The Morgan fingerprint density at radius 3 is 1.56 bits per heavy atom. The predicted octanol–water partition coefficient (Wildman–Crippen LogP) is 0.604. The minimum absolute atomic E-state index is 0.0394. The smallest absolute Gasteiger partial charge is 0.104 e. The van der Waals surface area contributed by atoms with E-state index in [2.05, 4.69) is 36.0 Å². The molecule has 4 unspecified atom stereocenters. The van der Waals surface area contributed by atoms with E-state index < -0.39 is 0 Å². The molecule has 16 heavy (non-hydrogen) atoms. The maximum absolute atomic E-state index is 6.03. The fourth-order valence-electron chi connectivity index (χ4n) is 3.02. The van der Waals surface area contributed by atoms with Crippen LogP contribution in [0.4, 0.5) is 0 Å². The van der Waals surface area contributed by atoms with Crippen molar-refractivity contribution >= 4 is 11.7 Å². The molecule has 4 bridgehead atoms. The van der Waals surface area contributed by atoms with Crippen molar-refractivity contribution in [3.63, 3.8) is 0 Å². The van der Waals surface area contributed by atoms with Crippen molar-refractivity contribution in [3.05, 3.63) is 23.3 Å². The molecule has 4 nitrogen and oxygen atoms in total. The molecule has 84 valence electrons. The molecule has 0 radical (unpaired) electrons. The van der Waals surface area contributed by atoms with E-state index in [-0.39, 0.29) is 23.9 Å². The van der Waals surface area contributed by atoms with Crippen molar-refractivity contribution in [2.24, 2.45) is 33.3 Å². The first kappa shape index (κ1) is 9.63. The summed E-state index contributed by atoms with van der Waals surface area (Å²) in [6, 6.07) is 0.0787. The van der Waals surface area contributed by atoms with Gasteiger partial charge in [-0.15, -0.1) is 0 Å². The van der Waals surface area contributed by atoms with Crippen molar-refractivity contribution in [2.45, 2.75) is 25.9 Å². The van der Waals surface area contributed by atoms with Crippen LogP contribution in [0.25, 0.3) is 0 Å². The Bertz CT molecular complexity index is 385. The van der Waals surface area contributed by atoms with Gasteiger partial charge < -0.3 is 11.5 Å². The van der Waals surface area contributed by atoms with Crippen LogP contribution in [0.5, 0.6) is 0 Å². The number of dihydropyridines is 2. The van der Waals surface area contributed by atoms with Gasteiger partial charge in [0.2, 0.25) is 0 Å². The molecular formula is C12H16N4. The molecule has 1 aliphatic carbocycles. The van der Waals surface area contributed by atoms with Crippen molar-refractivity contribution < 1.29 is 0 Å². The molecule has 0 spiro atoms. The minimum Gasteiger partial charge on any atom is -0.387 e. The lowest BCUT2D eigenvalue weighted by atomic mass is 9.76. The fourth-order valence-corrected chi connectivity index (χ4v) is 3.02. The lowest BCUT2D eigenvalue weighted by Gasteiger charge is -2.39. The van der Waals surface area contributed by atoms with Crippen molar-refractivity contribution in [1.82, 2.24) is 0 Å². The fraction of sp³-hybridized carbons (Fsp3) is 0.500. The Hall–Kier alpha value is -1.58. The third kappa shape index (κ3) is 1.10. The van der Waals surface area contributed by atoms with Gasteiger partial charge >= 0.3 is 0 Å². The van der Waals surface area contributed by atoms with Gasteiger partial charge in [0.1, 0.15) is 11.7 Å². The summed E-state index contributed by atoms with van der Waals surface area (Å²) in [7, 11) is 0. The summed E-state index contributed by atoms with van der Waals surface area (Å²) >= 11 is 0. The van der Waals surface area contributed by atoms with E-state index in [1.54, 1.807) is 0 Å². The number of hydrogen-bond acceptors (Lipinski definition) is 4. The highest BCUT2D eigenvalue weighted by atomic mass is 15.0. The van der Waals surface area contributed by atoms with Crippen LogP contribution in [-0.4, -0.2) is 23.8 Å². The van der Waals surface area contributed by atoms with Crippen LogP contribution in [0.2, 0.25) is 0 Å². The first-order valence-electron chi connectivity index (χ1n) is 5.61. The Morgan fingerprint density at radius 1 is 0.875 bits per heavy atom. The Morgan fingerprint density at radius 2 is 1.25 bits per heavy atom. The molecule has 4 N–H and O–H groups in total. The molecule has 0 fully saturated rings. The Labute approximate surface area is 94.8 Å². The SMILES string of the molecule is CC1=CC2N=C(N)C1C1C=C(C)C2C(N)=N1. The quantitative estimate of drug-likeness (QED) is 0.582. The largest absolute Gasteiger partial charge is 0.387 e. The van der Waals surface area contributed by atoms with Crippen LogP contribution < -0.4 is 11.5 Å². The molecule has 0 saturated heterocycles. The maximum atomic E-state index is 6.03. The second-order valence-electron chi connectivity index (χ2n) is 4.87. The first-order valence-corrected chi connectivity index (χ1v) is 5.61. The maximum Gasteiger partial charge on any atom is 0.104 e. The predicted molar refractivity (Wildman–Crippen MR) is 65.3 cm³/mol. The zero-order valence-electron chi connectivity index (χ0n) is 9.51. The average Bonchev–Trinajstić information content (AvgIpc) is 2.12. The monoisotopic (exact) mass is 216 g/mol. The van der Waals surface area contributed by atoms with E-state index in [9.17, 15) is 0 Å². The van der Waals surface area contributed by atoms with Crippen LogP contribution in [0.15, 0.2) is 33.3 Å². The minimum atomic E-state index is 0.0394. The van der Waals surface area contributed by atoms with Crippen LogP contribution >= 0.6 is 0 Å². The topological polar surface area (TPSA) is 76.8 Å². The van der Waals surface area contributed by atoms with E-state index in [1.807, 2.05) is 0 Å². The Kier molecular flexibility index (Phi) is 1.79. The summed E-state index contributed by atoms with van der Waals surface area (Å²) in [6.45, 7) is 4.21. The normalized spacial score (nSPS) is 40.6. The molecule has 5 aliphatic heterocycles. The third-order valence-corrected chi connectivity index (χ3v) is 3.77. The number of nitrogens with zero attached hydrogens (tertiary/aromatic N) is 2. The second kappa shape index (κ2) is 2.97. The average molecular weight is 216 g/mol. The molecular weight excluding hydrogens is 200 g/mol. The molecule has 5 heterocycles. The van der Waals surface area contributed by atoms with Gasteiger partial charge in [-0.1, -0.05) is 23.3 Å². The van der Waals surface area contributed by atoms with Gasteiger partial charge in [-0.25, -0.2) is 0 Å². The summed E-state index contributed by atoms with van der Waals surface area (Å²) in [5.74, 6) is 1.62. The summed E-state index contributed by atoms with van der Waals surface area (Å²) in [5, 5.41) is 0. The molecule has 6 rings (SSSR count). The number of rotatable bonds is 0. The van der Waals surface area contributed by atoms with Crippen molar-refractivity contribution in [3.8, 4) is 0 Å². The number of aliphatic imine (C=N–C) groups is 2. The highest BCUT2D eigenvalue weighted by Crippen LogP contribution is 2.37. The zero-order chi connectivity index (χ0) is 11.4. The van der Waals surface area contributed by atoms with Gasteiger partial charge in [0.15, 0.2) is 0 Å². The van der Waals surface area contributed by atoms with Gasteiger partial charge in [-0.05, 0) is 13.8 Å². The molecule has 0 amide bonds. The van der Waals surface area contributed by atoms with E-state index >= 15 is 0 Å². The van der Waals surface area contributed by atoms with Crippen LogP contribution in [0, 0.1) is 11.8 Å². The number of amidine groups is 2. The molecule has 4 atom stereocenters. The van der Waals surface area contributed by atoms with Crippen molar-refractivity contribution in [1.29, 1.82) is 0 Å². The molecule has 6 aliphatic rings. The summed E-state index contributed by atoms with van der Waals surface area (Å²) < 4.78 is 0. The summed E-state index contributed by atoms with van der Waals surface area (Å²) in [6.07, 6.45) is 4.38. The van der Waals surface area contributed by atoms with E-state index in [4.69, 9.17) is 11.5 Å². The van der Waals surface area contributed by atoms with Gasteiger partial charge in [0, 0.05) is 0 Å². The standard InChI is InChI=1S/C12H16N4/c1-5-3-7-10-6(2)4-8(16-12(10)14)9(5)11(13)15-7/h3-4,7-10H,1-2H3,(H2,13,15)(H2,14,16). The molecule has 4 heteroatoms. The van der Waals surface area contributed by atoms with Crippen LogP contribution in [0.3, 0.4) is 0 Å². The lowest BCUT2D eigenvalue weighted by Crippen LogP contribution is -2.48. The number of nitrogens with two attached hydrogens (primary N) is 2. The highest BCUT2D eigenvalue weighted by molar-refractivity contribution is 5.94. The van der Waals surface area contributed by atoms with Gasteiger partial charge in [-0.2, -0.15) is 0 Å². The van der Waals surface area contributed by atoms with E-state index in [1.165, 1.54) is 11.1 Å². The van der Waals surface area contributed by atoms with Crippen molar-refractivity contribution in [2.75, 3.05) is 0 Å². The lowest BCUT2D eigenvalue weighted by molar-refractivity contribution is 0.550. The number of hydrogen-bond donors (Lipinski definition) is 2. The van der Waals surface area contributed by atoms with E-state index in [0.717, 1.165) is 0 Å². The van der Waals surface area contributed by atoms with Crippen LogP contribution in [-0.2, 0) is 0 Å². The third-order valence-electron chi connectivity index (χ3n) is 3.77. The van der Waals surface area contributed by atoms with Gasteiger partial charge in [0.25, 0.3) is 0 Å².